The van der Waals surface area contributed by atoms with Crippen molar-refractivity contribution in [2.75, 3.05) is 24.6 Å². The van der Waals surface area contributed by atoms with Gasteiger partial charge in [-0.05, 0) is 19.8 Å². The lowest BCUT2D eigenvalue weighted by atomic mass is 10.1. The standard InChI is InChI=1S/C12H20ClN3O/c1-3-6-10-11(13)14-9-15-12(10)16(4-2)7-5-8-17/h9,17H,3-8H2,1-2H3. The SMILES string of the molecule is CCCc1c(Cl)ncnc1N(CC)CCCO. The molecule has 0 saturated heterocycles. The van der Waals surface area contributed by atoms with Crippen LogP contribution in [0.4, 0.5) is 5.82 Å². The van der Waals surface area contributed by atoms with Crippen LogP contribution in [0, 0.1) is 0 Å². The zero-order chi connectivity index (χ0) is 12.7. The number of hydrogen-bond donors (Lipinski definition) is 1. The molecule has 0 aromatic carbocycles. The third-order valence-corrected chi connectivity index (χ3v) is 2.96. The molecule has 1 aromatic heterocycles. The van der Waals surface area contributed by atoms with Crippen LogP contribution in [0.5, 0.6) is 0 Å². The Hall–Kier alpha value is -0.870. The number of aliphatic hydroxyl groups excluding tert-OH is 1. The lowest BCUT2D eigenvalue weighted by Crippen LogP contribution is -2.27. The summed E-state index contributed by atoms with van der Waals surface area (Å²) in [5.74, 6) is 0.905. The molecular formula is C12H20ClN3O. The molecule has 1 rings (SSSR count). The van der Waals surface area contributed by atoms with E-state index in [1.807, 2.05) is 0 Å². The highest BCUT2D eigenvalue weighted by Crippen LogP contribution is 2.24. The molecule has 0 radical (unpaired) electrons. The second kappa shape index (κ2) is 7.45. The van der Waals surface area contributed by atoms with Crippen LogP contribution < -0.4 is 4.90 Å². The van der Waals surface area contributed by atoms with Crippen LogP contribution in [-0.4, -0.2) is 34.8 Å². The van der Waals surface area contributed by atoms with Crippen molar-refractivity contribution in [2.24, 2.45) is 0 Å². The Morgan fingerprint density at radius 1 is 1.35 bits per heavy atom. The van der Waals surface area contributed by atoms with Gasteiger partial charge in [0.15, 0.2) is 0 Å². The van der Waals surface area contributed by atoms with Crippen LogP contribution in [-0.2, 0) is 6.42 Å². The molecule has 0 amide bonds. The molecule has 0 fully saturated rings. The van der Waals surface area contributed by atoms with Gasteiger partial charge in [-0.15, -0.1) is 0 Å². The maximum Gasteiger partial charge on any atom is 0.137 e. The molecule has 96 valence electrons. The van der Waals surface area contributed by atoms with Gasteiger partial charge in [0.1, 0.15) is 17.3 Å². The van der Waals surface area contributed by atoms with E-state index in [0.29, 0.717) is 5.15 Å². The molecule has 0 atom stereocenters. The van der Waals surface area contributed by atoms with Crippen LogP contribution in [0.1, 0.15) is 32.3 Å². The van der Waals surface area contributed by atoms with E-state index in [0.717, 1.165) is 43.7 Å². The van der Waals surface area contributed by atoms with Gasteiger partial charge in [-0.2, -0.15) is 0 Å². The van der Waals surface area contributed by atoms with E-state index in [9.17, 15) is 0 Å². The Labute approximate surface area is 108 Å². The summed E-state index contributed by atoms with van der Waals surface area (Å²) in [7, 11) is 0. The predicted octanol–water partition coefficient (Wildman–Crippen LogP) is 2.29. The van der Waals surface area contributed by atoms with Gasteiger partial charge in [-0.3, -0.25) is 0 Å². The first-order chi connectivity index (χ1) is 8.24. The van der Waals surface area contributed by atoms with Crippen molar-refractivity contribution < 1.29 is 5.11 Å². The van der Waals surface area contributed by atoms with Crippen molar-refractivity contribution in [3.05, 3.63) is 17.0 Å². The molecule has 1 aromatic rings. The molecule has 0 spiro atoms. The summed E-state index contributed by atoms with van der Waals surface area (Å²) in [6.07, 6.45) is 4.13. The van der Waals surface area contributed by atoms with Crippen molar-refractivity contribution in [3.8, 4) is 0 Å². The lowest BCUT2D eigenvalue weighted by molar-refractivity contribution is 0.289. The summed E-state index contributed by atoms with van der Waals surface area (Å²) in [4.78, 5) is 10.5. The summed E-state index contributed by atoms with van der Waals surface area (Å²) in [6.45, 7) is 6.01. The average Bonchev–Trinajstić information content (AvgIpc) is 2.34. The first-order valence-electron chi connectivity index (χ1n) is 6.09. The molecule has 0 aliphatic heterocycles. The van der Waals surface area contributed by atoms with Crippen LogP contribution in [0.15, 0.2) is 6.33 Å². The number of aromatic nitrogens is 2. The Bertz CT molecular complexity index is 347. The first-order valence-corrected chi connectivity index (χ1v) is 6.47. The number of halogens is 1. The average molecular weight is 258 g/mol. The van der Waals surface area contributed by atoms with E-state index in [1.165, 1.54) is 6.33 Å². The van der Waals surface area contributed by atoms with Crippen molar-refractivity contribution in [1.82, 2.24) is 9.97 Å². The van der Waals surface area contributed by atoms with E-state index in [2.05, 4.69) is 28.7 Å². The number of nitrogens with zero attached hydrogens (tertiary/aromatic N) is 3. The first kappa shape index (κ1) is 14.2. The van der Waals surface area contributed by atoms with Gasteiger partial charge in [-0.1, -0.05) is 24.9 Å². The van der Waals surface area contributed by atoms with Crippen LogP contribution in [0.3, 0.4) is 0 Å². The summed E-state index contributed by atoms with van der Waals surface area (Å²) in [5.41, 5.74) is 1.01. The molecule has 17 heavy (non-hydrogen) atoms. The summed E-state index contributed by atoms with van der Waals surface area (Å²) < 4.78 is 0. The Morgan fingerprint density at radius 2 is 2.12 bits per heavy atom. The van der Waals surface area contributed by atoms with E-state index in [-0.39, 0.29) is 6.61 Å². The molecule has 4 nitrogen and oxygen atoms in total. The van der Waals surface area contributed by atoms with Crippen LogP contribution >= 0.6 is 11.6 Å². The minimum absolute atomic E-state index is 0.193. The second-order valence-corrected chi connectivity index (χ2v) is 4.23. The highest BCUT2D eigenvalue weighted by atomic mass is 35.5. The third-order valence-electron chi connectivity index (χ3n) is 2.64. The topological polar surface area (TPSA) is 49.2 Å². The zero-order valence-corrected chi connectivity index (χ0v) is 11.2. The normalized spacial score (nSPS) is 10.6. The Kier molecular flexibility index (Phi) is 6.22. The third kappa shape index (κ3) is 3.82. The predicted molar refractivity (Wildman–Crippen MR) is 70.6 cm³/mol. The minimum atomic E-state index is 0.193. The highest BCUT2D eigenvalue weighted by molar-refractivity contribution is 6.30. The van der Waals surface area contributed by atoms with Gasteiger partial charge < -0.3 is 10.0 Å². The molecule has 0 aliphatic rings. The molecular weight excluding hydrogens is 238 g/mol. The van der Waals surface area contributed by atoms with Crippen molar-refractivity contribution >= 4 is 17.4 Å². The van der Waals surface area contributed by atoms with Crippen molar-refractivity contribution in [2.45, 2.75) is 33.1 Å². The molecule has 1 heterocycles. The van der Waals surface area contributed by atoms with Crippen molar-refractivity contribution in [3.63, 3.8) is 0 Å². The fourth-order valence-electron chi connectivity index (χ4n) is 1.80. The van der Waals surface area contributed by atoms with Gasteiger partial charge >= 0.3 is 0 Å². The summed E-state index contributed by atoms with van der Waals surface area (Å²) in [6, 6.07) is 0. The molecule has 0 bridgehead atoms. The molecule has 0 aliphatic carbocycles. The molecule has 0 saturated carbocycles. The minimum Gasteiger partial charge on any atom is -0.396 e. The highest BCUT2D eigenvalue weighted by Gasteiger charge is 2.14. The maximum absolute atomic E-state index is 8.90. The molecule has 1 N–H and O–H groups in total. The van der Waals surface area contributed by atoms with E-state index >= 15 is 0 Å². The summed E-state index contributed by atoms with van der Waals surface area (Å²) in [5, 5.41) is 9.44. The van der Waals surface area contributed by atoms with Gasteiger partial charge in [0.05, 0.1) is 0 Å². The second-order valence-electron chi connectivity index (χ2n) is 3.87. The lowest BCUT2D eigenvalue weighted by Gasteiger charge is -2.24. The zero-order valence-electron chi connectivity index (χ0n) is 10.5. The maximum atomic E-state index is 8.90. The Balaban J connectivity index is 2.96. The number of aliphatic hydroxyl groups is 1. The van der Waals surface area contributed by atoms with Gasteiger partial charge in [0.2, 0.25) is 0 Å². The van der Waals surface area contributed by atoms with E-state index in [1.54, 1.807) is 0 Å². The summed E-state index contributed by atoms with van der Waals surface area (Å²) >= 11 is 6.12. The van der Waals surface area contributed by atoms with Crippen LogP contribution in [0.25, 0.3) is 0 Å². The quantitative estimate of drug-likeness (QED) is 0.762. The number of rotatable bonds is 7. The van der Waals surface area contributed by atoms with E-state index < -0.39 is 0 Å². The van der Waals surface area contributed by atoms with Gasteiger partial charge in [0.25, 0.3) is 0 Å². The van der Waals surface area contributed by atoms with Gasteiger partial charge in [0, 0.05) is 25.3 Å². The monoisotopic (exact) mass is 257 g/mol. The fraction of sp³-hybridized carbons (Fsp3) is 0.667. The van der Waals surface area contributed by atoms with Gasteiger partial charge in [-0.25, -0.2) is 9.97 Å². The van der Waals surface area contributed by atoms with Crippen LogP contribution in [0.2, 0.25) is 5.15 Å². The Morgan fingerprint density at radius 3 is 2.71 bits per heavy atom. The number of hydrogen-bond acceptors (Lipinski definition) is 4. The smallest absolute Gasteiger partial charge is 0.137 e. The van der Waals surface area contributed by atoms with E-state index in [4.69, 9.17) is 16.7 Å². The van der Waals surface area contributed by atoms with Crippen molar-refractivity contribution in [1.29, 1.82) is 0 Å². The largest absolute Gasteiger partial charge is 0.396 e. The molecule has 5 heteroatoms. The number of anilines is 1. The fourth-order valence-corrected chi connectivity index (χ4v) is 2.02. The molecule has 0 unspecified atom stereocenters.